The zero-order chi connectivity index (χ0) is 27.3. The summed E-state index contributed by atoms with van der Waals surface area (Å²) in [5.41, 5.74) is 0.316. The number of ether oxygens (including phenoxy) is 2. The molecule has 1 N–H and O–H groups in total. The number of para-hydroxylation sites is 1. The van der Waals surface area contributed by atoms with Crippen molar-refractivity contribution in [2.75, 3.05) is 6.61 Å². The Kier molecular flexibility index (Phi) is 8.38. The Morgan fingerprint density at radius 1 is 1.05 bits per heavy atom. The van der Waals surface area contributed by atoms with E-state index < -0.39 is 36.2 Å². The van der Waals surface area contributed by atoms with Crippen molar-refractivity contribution in [1.82, 2.24) is 24.7 Å². The Labute approximate surface area is 241 Å². The fourth-order valence-corrected chi connectivity index (χ4v) is 4.15. The van der Waals surface area contributed by atoms with Crippen molar-refractivity contribution < 1.29 is 66.8 Å². The van der Waals surface area contributed by atoms with Crippen LogP contribution in [0.25, 0.3) is 33.8 Å². The van der Waals surface area contributed by atoms with Crippen LogP contribution >= 0.6 is 11.6 Å². The number of imidazole rings is 1. The molecule has 0 aliphatic carbocycles. The van der Waals surface area contributed by atoms with Crippen LogP contribution in [0, 0.1) is 0 Å². The van der Waals surface area contributed by atoms with Crippen LogP contribution in [0.5, 0.6) is 11.6 Å². The maximum absolute atomic E-state index is 13.0. The second-order valence-electron chi connectivity index (χ2n) is 9.13. The van der Waals surface area contributed by atoms with Crippen LogP contribution in [0.1, 0.15) is 27.9 Å². The number of aromatic amines is 1. The van der Waals surface area contributed by atoms with E-state index in [9.17, 15) is 26.3 Å². The minimum Gasteiger partial charge on any atom is -1.00 e. The van der Waals surface area contributed by atoms with Gasteiger partial charge in [-0.05, 0) is 18.2 Å². The summed E-state index contributed by atoms with van der Waals surface area (Å²) in [6.45, 7) is 4.03. The maximum atomic E-state index is 13.0. The van der Waals surface area contributed by atoms with E-state index in [1.54, 1.807) is 7.05 Å². The monoisotopic (exact) mass is 571 g/mol. The number of alkyl halides is 6. The molecular formula is C23H21ClF6N5NaO2. The summed E-state index contributed by atoms with van der Waals surface area (Å²) in [5, 5.41) is 4.72. The topological polar surface area (TPSA) is 77.8 Å². The minimum absolute atomic E-state index is 0. The number of hydrogen-bond acceptors (Lipinski definition) is 5. The molecule has 0 aliphatic rings. The van der Waals surface area contributed by atoms with E-state index in [1.165, 1.54) is 28.9 Å². The Hall–Kier alpha value is -2.48. The largest absolute Gasteiger partial charge is 1.00 e. The average Bonchev–Trinajstić information content (AvgIpc) is 3.30. The molecule has 0 bridgehead atoms. The van der Waals surface area contributed by atoms with Gasteiger partial charge in [0.25, 0.3) is 0 Å². The molecule has 3 heterocycles. The molecule has 7 nitrogen and oxygen atoms in total. The minimum atomic E-state index is -5.00. The number of aryl methyl sites for hydroxylation is 1. The summed E-state index contributed by atoms with van der Waals surface area (Å²) in [6.07, 6.45) is -9.70. The van der Waals surface area contributed by atoms with E-state index in [4.69, 9.17) is 16.3 Å². The number of hydrogen-bond donors (Lipinski definition) is 1. The zero-order valence-corrected chi connectivity index (χ0v) is 23.6. The van der Waals surface area contributed by atoms with Crippen molar-refractivity contribution >= 4 is 22.6 Å². The van der Waals surface area contributed by atoms with E-state index in [0.717, 1.165) is 6.07 Å². The van der Waals surface area contributed by atoms with Crippen LogP contribution < -0.4 is 39.0 Å². The van der Waals surface area contributed by atoms with Crippen LogP contribution in [0.2, 0.25) is 5.02 Å². The number of rotatable bonds is 5. The molecule has 200 valence electrons. The Balaban J connectivity index is 0.00000267. The normalized spacial score (nSPS) is 12.5. The molecule has 1 aromatic carbocycles. The van der Waals surface area contributed by atoms with Gasteiger partial charge in [-0.25, -0.2) is 9.97 Å². The molecular weight excluding hydrogens is 551 g/mol. The first-order chi connectivity index (χ1) is 17.0. The molecule has 0 amide bonds. The second kappa shape index (κ2) is 10.6. The predicted molar refractivity (Wildman–Crippen MR) is 125 cm³/mol. The Morgan fingerprint density at radius 2 is 1.71 bits per heavy atom. The molecule has 38 heavy (non-hydrogen) atoms. The van der Waals surface area contributed by atoms with Gasteiger partial charge < -0.3 is 15.9 Å². The van der Waals surface area contributed by atoms with Crippen LogP contribution in [0.15, 0.2) is 30.3 Å². The Bertz CT molecular complexity index is 1470. The smallest absolute Gasteiger partial charge is 1.00 e. The third-order valence-electron chi connectivity index (χ3n) is 5.12. The molecule has 0 unspecified atom stereocenters. The van der Waals surface area contributed by atoms with E-state index in [0.29, 0.717) is 11.4 Å². The summed E-state index contributed by atoms with van der Waals surface area (Å²) in [7, 11) is 1.62. The van der Waals surface area contributed by atoms with Gasteiger partial charge in [0, 0.05) is 18.0 Å². The van der Waals surface area contributed by atoms with E-state index in [-0.39, 0.29) is 64.1 Å². The van der Waals surface area contributed by atoms with Gasteiger partial charge in [-0.2, -0.15) is 18.3 Å². The van der Waals surface area contributed by atoms with Gasteiger partial charge in [0.2, 0.25) is 5.88 Å². The molecule has 0 saturated carbocycles. The number of nitrogens with zero attached hydrogens (tertiary/aromatic N) is 4. The number of halogens is 7. The quantitative estimate of drug-likeness (QED) is 0.290. The first-order valence-corrected chi connectivity index (χ1v) is 11.1. The summed E-state index contributed by atoms with van der Waals surface area (Å²) in [4.78, 5) is 11.4. The summed E-state index contributed by atoms with van der Waals surface area (Å²) < 4.78 is 88.2. The van der Waals surface area contributed by atoms with E-state index in [1.807, 2.05) is 20.8 Å². The van der Waals surface area contributed by atoms with Crippen molar-refractivity contribution in [3.63, 3.8) is 0 Å². The SMILES string of the molecule is Cn1nc(C(C)(C)C)c(Cl)c1-c1nc2c(OCC(F)(F)F)nc(-c3ccccc3OC(F)(F)F)cc2[nH]1.[H-].[Na+]. The number of aromatic nitrogens is 5. The van der Waals surface area contributed by atoms with Gasteiger partial charge >= 0.3 is 42.1 Å². The summed E-state index contributed by atoms with van der Waals surface area (Å²) >= 11 is 6.58. The van der Waals surface area contributed by atoms with Crippen molar-refractivity contribution in [3.05, 3.63) is 41.0 Å². The maximum Gasteiger partial charge on any atom is 1.00 e. The number of H-pyrrole nitrogens is 1. The summed E-state index contributed by atoms with van der Waals surface area (Å²) in [5.74, 6) is -0.975. The average molecular weight is 572 g/mol. The molecule has 0 fully saturated rings. The van der Waals surface area contributed by atoms with Crippen LogP contribution in [0.4, 0.5) is 26.3 Å². The first-order valence-electron chi connectivity index (χ1n) is 10.7. The van der Waals surface area contributed by atoms with Gasteiger partial charge in [-0.1, -0.05) is 44.5 Å². The second-order valence-corrected chi connectivity index (χ2v) is 9.50. The van der Waals surface area contributed by atoms with Gasteiger partial charge in [-0.3, -0.25) is 4.68 Å². The molecule has 4 rings (SSSR count). The van der Waals surface area contributed by atoms with Crippen LogP contribution in [-0.2, 0) is 12.5 Å². The van der Waals surface area contributed by atoms with Crippen molar-refractivity contribution in [2.24, 2.45) is 7.05 Å². The van der Waals surface area contributed by atoms with E-state index >= 15 is 0 Å². The molecule has 3 aromatic heterocycles. The molecule has 0 aliphatic heterocycles. The Morgan fingerprint density at radius 3 is 2.29 bits per heavy atom. The molecule has 0 atom stereocenters. The molecule has 4 aromatic rings. The van der Waals surface area contributed by atoms with Crippen molar-refractivity contribution in [3.8, 4) is 34.4 Å². The first kappa shape index (κ1) is 30.1. The molecule has 0 spiro atoms. The van der Waals surface area contributed by atoms with Gasteiger partial charge in [-0.15, -0.1) is 13.2 Å². The van der Waals surface area contributed by atoms with Crippen molar-refractivity contribution in [2.45, 2.75) is 38.7 Å². The van der Waals surface area contributed by atoms with Gasteiger partial charge in [0.15, 0.2) is 17.9 Å². The fraction of sp³-hybridized carbons (Fsp3) is 0.348. The van der Waals surface area contributed by atoms with Crippen molar-refractivity contribution in [1.29, 1.82) is 0 Å². The number of benzene rings is 1. The predicted octanol–water partition coefficient (Wildman–Crippen LogP) is 3.93. The molecule has 0 radical (unpaired) electrons. The van der Waals surface area contributed by atoms with Crippen LogP contribution in [-0.4, -0.2) is 43.9 Å². The van der Waals surface area contributed by atoms with Crippen LogP contribution in [0.3, 0.4) is 0 Å². The molecule has 15 heteroatoms. The third kappa shape index (κ3) is 6.56. The van der Waals surface area contributed by atoms with Gasteiger partial charge in [0.1, 0.15) is 11.4 Å². The summed E-state index contributed by atoms with van der Waals surface area (Å²) in [6, 6.07) is 6.43. The standard InChI is InChI=1S/C23H20ClF6N5O2.Na.H/c1-21(2,3)18-15(24)17(35(4)34-18)19-31-13-9-12(11-7-5-6-8-14(11)37-23(28,29)30)32-20(16(13)33-19)36-10-22(25,26)27;;/h5-9H,10H2,1-4H3,(H,31,33);;/q;+1;-1. The number of pyridine rings is 1. The number of fused-ring (bicyclic) bond motifs is 1. The van der Waals surface area contributed by atoms with Gasteiger partial charge in [0.05, 0.1) is 21.9 Å². The van der Waals surface area contributed by atoms with E-state index in [2.05, 4.69) is 24.8 Å². The zero-order valence-electron chi connectivity index (χ0n) is 21.8. The number of nitrogens with one attached hydrogen (secondary N) is 1. The molecule has 0 saturated heterocycles. The fourth-order valence-electron chi connectivity index (χ4n) is 3.61. The third-order valence-corrected chi connectivity index (χ3v) is 5.48.